The molecular formula is C17H16FNO. The molecule has 2 nitrogen and oxygen atoms in total. The molecule has 1 aliphatic heterocycles. The summed E-state index contributed by atoms with van der Waals surface area (Å²) in [7, 11) is 0. The molecule has 0 aromatic heterocycles. The number of carbonyl (C=O) groups excluding carboxylic acids is 1. The molecule has 0 saturated carbocycles. The largest absolute Gasteiger partial charge is 0.325 e. The molecule has 1 N–H and O–H groups in total. The fourth-order valence-electron chi connectivity index (χ4n) is 2.86. The molecule has 0 spiro atoms. The summed E-state index contributed by atoms with van der Waals surface area (Å²) in [5.74, 6) is -0.413. The molecule has 3 heteroatoms. The van der Waals surface area contributed by atoms with Gasteiger partial charge < -0.3 is 5.32 Å². The summed E-state index contributed by atoms with van der Waals surface area (Å²) in [6.45, 7) is 4.04. The molecule has 1 heterocycles. The standard InChI is InChI=1S/C17H16FNO/c1-10-7-11(2)16-14(8-10)15(17(20)19-16)9-12-3-5-13(18)6-4-12/h3-8,15H,9H2,1-2H3,(H,19,20). The summed E-state index contributed by atoms with van der Waals surface area (Å²) in [6, 6.07) is 10.5. The van der Waals surface area contributed by atoms with Gasteiger partial charge in [-0.05, 0) is 49.1 Å². The zero-order chi connectivity index (χ0) is 14.3. The molecule has 1 unspecified atom stereocenters. The minimum absolute atomic E-state index is 0.0259. The van der Waals surface area contributed by atoms with Crippen LogP contribution in [0.5, 0.6) is 0 Å². The number of hydrogen-bond donors (Lipinski definition) is 1. The first-order valence-electron chi connectivity index (χ1n) is 6.71. The Morgan fingerprint density at radius 1 is 1.15 bits per heavy atom. The van der Waals surface area contributed by atoms with E-state index in [1.807, 2.05) is 13.8 Å². The van der Waals surface area contributed by atoms with Gasteiger partial charge in [-0.3, -0.25) is 4.79 Å². The number of nitrogens with one attached hydrogen (secondary N) is 1. The van der Waals surface area contributed by atoms with E-state index >= 15 is 0 Å². The molecule has 0 fully saturated rings. The summed E-state index contributed by atoms with van der Waals surface area (Å²) >= 11 is 0. The first-order valence-corrected chi connectivity index (χ1v) is 6.71. The van der Waals surface area contributed by atoms with Crippen molar-refractivity contribution >= 4 is 11.6 Å². The Morgan fingerprint density at radius 2 is 1.85 bits per heavy atom. The highest BCUT2D eigenvalue weighted by Crippen LogP contribution is 2.37. The molecule has 1 amide bonds. The predicted molar refractivity (Wildman–Crippen MR) is 77.4 cm³/mol. The van der Waals surface area contributed by atoms with Crippen molar-refractivity contribution in [2.24, 2.45) is 0 Å². The quantitative estimate of drug-likeness (QED) is 0.884. The van der Waals surface area contributed by atoms with Crippen LogP contribution in [0, 0.1) is 19.7 Å². The third-order valence-corrected chi connectivity index (χ3v) is 3.80. The Kier molecular flexibility index (Phi) is 3.05. The van der Waals surface area contributed by atoms with Crippen LogP contribution in [-0.2, 0) is 11.2 Å². The van der Waals surface area contributed by atoms with Crippen LogP contribution in [0.1, 0.15) is 28.2 Å². The van der Waals surface area contributed by atoms with Crippen LogP contribution in [0.3, 0.4) is 0 Å². The van der Waals surface area contributed by atoms with Crippen molar-refractivity contribution in [3.8, 4) is 0 Å². The van der Waals surface area contributed by atoms with Crippen molar-refractivity contribution in [3.05, 3.63) is 64.5 Å². The number of benzene rings is 2. The van der Waals surface area contributed by atoms with Crippen molar-refractivity contribution in [2.45, 2.75) is 26.2 Å². The van der Waals surface area contributed by atoms with Gasteiger partial charge in [-0.25, -0.2) is 4.39 Å². The molecule has 3 rings (SSSR count). The molecule has 0 bridgehead atoms. The number of halogens is 1. The smallest absolute Gasteiger partial charge is 0.232 e. The average molecular weight is 269 g/mol. The van der Waals surface area contributed by atoms with Gasteiger partial charge in [0.2, 0.25) is 5.91 Å². The lowest BCUT2D eigenvalue weighted by molar-refractivity contribution is -0.117. The Bertz CT molecular complexity index is 676. The lowest BCUT2D eigenvalue weighted by Gasteiger charge is -2.10. The van der Waals surface area contributed by atoms with Gasteiger partial charge in [0, 0.05) is 5.69 Å². The second-order valence-electron chi connectivity index (χ2n) is 5.42. The van der Waals surface area contributed by atoms with Gasteiger partial charge in [0.1, 0.15) is 5.82 Å². The Balaban J connectivity index is 1.96. The van der Waals surface area contributed by atoms with E-state index in [0.717, 1.165) is 27.9 Å². The topological polar surface area (TPSA) is 29.1 Å². The van der Waals surface area contributed by atoms with E-state index in [0.29, 0.717) is 6.42 Å². The number of anilines is 1. The van der Waals surface area contributed by atoms with Gasteiger partial charge in [0.05, 0.1) is 5.92 Å². The predicted octanol–water partition coefficient (Wildman–Crippen LogP) is 3.72. The van der Waals surface area contributed by atoms with E-state index in [4.69, 9.17) is 0 Å². The number of hydrogen-bond acceptors (Lipinski definition) is 1. The van der Waals surface area contributed by atoms with Gasteiger partial charge in [0.25, 0.3) is 0 Å². The Morgan fingerprint density at radius 3 is 2.55 bits per heavy atom. The zero-order valence-corrected chi connectivity index (χ0v) is 11.5. The van der Waals surface area contributed by atoms with Crippen molar-refractivity contribution in [2.75, 3.05) is 5.32 Å². The van der Waals surface area contributed by atoms with Gasteiger partial charge >= 0.3 is 0 Å². The summed E-state index contributed by atoms with van der Waals surface area (Å²) in [4.78, 5) is 12.2. The fraction of sp³-hybridized carbons (Fsp3) is 0.235. The molecule has 0 saturated heterocycles. The summed E-state index contributed by atoms with van der Waals surface area (Å²) in [5, 5.41) is 2.96. The number of carbonyl (C=O) groups is 1. The van der Waals surface area contributed by atoms with Crippen LogP contribution in [-0.4, -0.2) is 5.91 Å². The SMILES string of the molecule is Cc1cc(C)c2c(c1)C(Cc1ccc(F)cc1)C(=O)N2. The first kappa shape index (κ1) is 12.9. The Labute approximate surface area is 117 Å². The molecule has 0 radical (unpaired) electrons. The zero-order valence-electron chi connectivity index (χ0n) is 11.5. The maximum Gasteiger partial charge on any atom is 0.232 e. The second kappa shape index (κ2) is 4.75. The lowest BCUT2D eigenvalue weighted by Crippen LogP contribution is -2.14. The van der Waals surface area contributed by atoms with Crippen LogP contribution in [0.25, 0.3) is 0 Å². The molecule has 20 heavy (non-hydrogen) atoms. The van der Waals surface area contributed by atoms with Gasteiger partial charge in [-0.15, -0.1) is 0 Å². The summed E-state index contributed by atoms with van der Waals surface area (Å²) in [5.41, 5.74) is 5.21. The molecule has 0 aliphatic carbocycles. The van der Waals surface area contributed by atoms with Crippen LogP contribution in [0.2, 0.25) is 0 Å². The van der Waals surface area contributed by atoms with Crippen LogP contribution < -0.4 is 5.32 Å². The highest BCUT2D eigenvalue weighted by Gasteiger charge is 2.31. The lowest BCUT2D eigenvalue weighted by atomic mass is 9.91. The first-order chi connectivity index (χ1) is 9.54. The van der Waals surface area contributed by atoms with Gasteiger partial charge in [-0.1, -0.05) is 29.8 Å². The average Bonchev–Trinajstić information content (AvgIpc) is 2.70. The monoisotopic (exact) mass is 269 g/mol. The number of amides is 1. The highest BCUT2D eigenvalue weighted by atomic mass is 19.1. The van der Waals surface area contributed by atoms with Crippen molar-refractivity contribution in [3.63, 3.8) is 0 Å². The van der Waals surface area contributed by atoms with Crippen molar-refractivity contribution < 1.29 is 9.18 Å². The normalized spacial score (nSPS) is 16.9. The maximum absolute atomic E-state index is 12.9. The minimum Gasteiger partial charge on any atom is -0.325 e. The molecule has 2 aromatic carbocycles. The third kappa shape index (κ3) is 2.20. The van der Waals surface area contributed by atoms with Crippen LogP contribution in [0.15, 0.2) is 36.4 Å². The maximum atomic E-state index is 12.9. The summed E-state index contributed by atoms with van der Waals surface area (Å²) < 4.78 is 12.9. The Hall–Kier alpha value is -2.16. The minimum atomic E-state index is -0.253. The highest BCUT2D eigenvalue weighted by molar-refractivity contribution is 6.04. The van der Waals surface area contributed by atoms with Crippen LogP contribution in [0.4, 0.5) is 10.1 Å². The molecule has 1 aliphatic rings. The molecule has 2 aromatic rings. The van der Waals surface area contributed by atoms with Gasteiger partial charge in [0.15, 0.2) is 0 Å². The van der Waals surface area contributed by atoms with E-state index in [-0.39, 0.29) is 17.6 Å². The van der Waals surface area contributed by atoms with Crippen LogP contribution >= 0.6 is 0 Å². The van der Waals surface area contributed by atoms with E-state index in [1.54, 1.807) is 12.1 Å². The number of rotatable bonds is 2. The number of aryl methyl sites for hydroxylation is 2. The van der Waals surface area contributed by atoms with E-state index < -0.39 is 0 Å². The van der Waals surface area contributed by atoms with E-state index in [2.05, 4.69) is 17.4 Å². The van der Waals surface area contributed by atoms with Crippen molar-refractivity contribution in [1.82, 2.24) is 0 Å². The summed E-state index contributed by atoms with van der Waals surface area (Å²) in [6.07, 6.45) is 0.599. The molecule has 1 atom stereocenters. The van der Waals surface area contributed by atoms with Crippen molar-refractivity contribution in [1.29, 1.82) is 0 Å². The second-order valence-corrected chi connectivity index (χ2v) is 5.42. The third-order valence-electron chi connectivity index (χ3n) is 3.80. The molecule has 102 valence electrons. The van der Waals surface area contributed by atoms with Gasteiger partial charge in [-0.2, -0.15) is 0 Å². The number of fused-ring (bicyclic) bond motifs is 1. The van der Waals surface area contributed by atoms with E-state index in [9.17, 15) is 9.18 Å². The van der Waals surface area contributed by atoms with E-state index in [1.165, 1.54) is 12.1 Å². The fourth-order valence-corrected chi connectivity index (χ4v) is 2.86. The molecular weight excluding hydrogens is 253 g/mol.